The molecule has 0 aromatic heterocycles. The van der Waals surface area contributed by atoms with E-state index < -0.39 is 27.2 Å². The van der Waals surface area contributed by atoms with Crippen molar-refractivity contribution < 1.29 is 19.4 Å². The first-order chi connectivity index (χ1) is 12.3. The van der Waals surface area contributed by atoms with Gasteiger partial charge in [-0.05, 0) is 17.7 Å². The van der Waals surface area contributed by atoms with Crippen LogP contribution in [0.1, 0.15) is 11.1 Å². The van der Waals surface area contributed by atoms with Crippen LogP contribution >= 0.6 is 15.9 Å². The molecule has 0 spiro atoms. The van der Waals surface area contributed by atoms with Gasteiger partial charge in [0.25, 0.3) is 11.4 Å². The third-order valence-corrected chi connectivity index (χ3v) is 4.11. The van der Waals surface area contributed by atoms with E-state index in [9.17, 15) is 25.0 Å². The lowest BCUT2D eigenvalue weighted by Gasteiger charge is -2.00. The lowest BCUT2D eigenvalue weighted by Crippen LogP contribution is -2.06. The summed E-state index contributed by atoms with van der Waals surface area (Å²) in [5.41, 5.74) is -0.391. The van der Waals surface area contributed by atoms with Crippen molar-refractivity contribution in [1.82, 2.24) is 0 Å². The lowest BCUT2D eigenvalue weighted by molar-refractivity contribution is -0.394. The third-order valence-electron chi connectivity index (χ3n) is 3.39. The number of aliphatic imine (C=N–C) groups is 1. The first-order valence-electron chi connectivity index (χ1n) is 7.06. The molecular weight excluding hydrogens is 410 g/mol. The summed E-state index contributed by atoms with van der Waals surface area (Å²) >= 11 is 3.34. The molecule has 0 fully saturated rings. The highest BCUT2D eigenvalue weighted by Gasteiger charge is 2.27. The molecule has 0 N–H and O–H groups in total. The second-order valence-corrected chi connectivity index (χ2v) is 5.96. The third kappa shape index (κ3) is 3.49. The molecule has 1 heterocycles. The minimum absolute atomic E-state index is 0.0268. The van der Waals surface area contributed by atoms with E-state index in [-0.39, 0.29) is 17.2 Å². The summed E-state index contributed by atoms with van der Waals surface area (Å²) in [7, 11) is 0. The van der Waals surface area contributed by atoms with Crippen LogP contribution in [-0.4, -0.2) is 21.7 Å². The van der Waals surface area contributed by atoms with E-state index in [1.165, 1.54) is 6.08 Å². The minimum Gasteiger partial charge on any atom is -0.402 e. The number of nitro benzene ring substituents is 2. The van der Waals surface area contributed by atoms with Gasteiger partial charge in [-0.3, -0.25) is 20.2 Å². The zero-order valence-electron chi connectivity index (χ0n) is 12.8. The van der Waals surface area contributed by atoms with Crippen LogP contribution in [0.25, 0.3) is 6.08 Å². The molecule has 1 aliphatic rings. The van der Waals surface area contributed by atoms with Crippen LogP contribution in [0.4, 0.5) is 11.4 Å². The fourth-order valence-electron chi connectivity index (χ4n) is 2.20. The Kier molecular flexibility index (Phi) is 4.59. The molecule has 3 rings (SSSR count). The SMILES string of the molecule is O=C1OC(c2cc([N+](=O)[O-])cc([N+](=O)[O-])c2)=NC1=Cc1ccccc1Br. The number of nitro groups is 2. The fraction of sp³-hybridized carbons (Fsp3) is 0. The van der Waals surface area contributed by atoms with Crippen LogP contribution < -0.4 is 0 Å². The molecule has 0 atom stereocenters. The number of cyclic esters (lactones) is 1. The lowest BCUT2D eigenvalue weighted by atomic mass is 10.1. The van der Waals surface area contributed by atoms with Gasteiger partial charge in [0.2, 0.25) is 5.90 Å². The van der Waals surface area contributed by atoms with E-state index in [1.54, 1.807) is 24.3 Å². The molecule has 0 bridgehead atoms. The molecule has 0 unspecified atom stereocenters. The normalized spacial score (nSPS) is 14.9. The van der Waals surface area contributed by atoms with Gasteiger partial charge in [-0.2, -0.15) is 0 Å². The van der Waals surface area contributed by atoms with Gasteiger partial charge in [0, 0.05) is 16.6 Å². The van der Waals surface area contributed by atoms with Crippen molar-refractivity contribution in [3.63, 3.8) is 0 Å². The number of ether oxygens (including phenoxy) is 1. The van der Waals surface area contributed by atoms with Crippen molar-refractivity contribution in [3.05, 3.63) is 84.0 Å². The van der Waals surface area contributed by atoms with Crippen molar-refractivity contribution in [2.24, 2.45) is 4.99 Å². The monoisotopic (exact) mass is 417 g/mol. The number of rotatable bonds is 4. The molecular formula is C16H8BrN3O6. The fourth-order valence-corrected chi connectivity index (χ4v) is 2.60. The number of hydrogen-bond donors (Lipinski definition) is 0. The molecule has 1 aliphatic heterocycles. The number of benzene rings is 2. The smallest absolute Gasteiger partial charge is 0.363 e. The zero-order chi connectivity index (χ0) is 18.8. The van der Waals surface area contributed by atoms with Crippen LogP contribution in [0.5, 0.6) is 0 Å². The molecule has 2 aromatic carbocycles. The second kappa shape index (κ2) is 6.84. The summed E-state index contributed by atoms with van der Waals surface area (Å²) in [6, 6.07) is 10.0. The van der Waals surface area contributed by atoms with Gasteiger partial charge in [0.05, 0.1) is 21.5 Å². The molecule has 2 aromatic rings. The summed E-state index contributed by atoms with van der Waals surface area (Å²) in [6.45, 7) is 0. The van der Waals surface area contributed by atoms with Crippen LogP contribution in [0, 0.1) is 20.2 Å². The molecule has 0 saturated heterocycles. The summed E-state index contributed by atoms with van der Waals surface area (Å²) < 4.78 is 5.76. The Morgan fingerprint density at radius 1 is 1.04 bits per heavy atom. The highest BCUT2D eigenvalue weighted by Crippen LogP contribution is 2.27. The molecule has 9 nitrogen and oxygen atoms in total. The molecule has 0 aliphatic carbocycles. The molecule has 0 amide bonds. The van der Waals surface area contributed by atoms with E-state index in [4.69, 9.17) is 4.74 Å². The van der Waals surface area contributed by atoms with Crippen molar-refractivity contribution in [3.8, 4) is 0 Å². The van der Waals surface area contributed by atoms with Crippen LogP contribution in [-0.2, 0) is 9.53 Å². The molecule has 26 heavy (non-hydrogen) atoms. The standard InChI is InChI=1S/C16H8BrN3O6/c17-13-4-2-1-3-9(13)7-14-16(21)26-15(18-14)10-5-11(19(22)23)8-12(6-10)20(24)25/h1-8H. The highest BCUT2D eigenvalue weighted by molar-refractivity contribution is 9.10. The molecule has 10 heteroatoms. The van der Waals surface area contributed by atoms with E-state index in [1.807, 2.05) is 0 Å². The summed E-state index contributed by atoms with van der Waals surface area (Å²) in [6.07, 6.45) is 1.48. The van der Waals surface area contributed by atoms with Crippen molar-refractivity contribution in [2.45, 2.75) is 0 Å². The maximum Gasteiger partial charge on any atom is 0.363 e. The summed E-state index contributed by atoms with van der Waals surface area (Å²) in [5, 5.41) is 21.9. The highest BCUT2D eigenvalue weighted by atomic mass is 79.9. The van der Waals surface area contributed by atoms with Gasteiger partial charge in [-0.15, -0.1) is 0 Å². The average Bonchev–Trinajstić information content (AvgIpc) is 2.97. The second-order valence-electron chi connectivity index (χ2n) is 5.11. The Morgan fingerprint density at radius 2 is 1.65 bits per heavy atom. The Hall–Kier alpha value is -3.40. The van der Waals surface area contributed by atoms with Gasteiger partial charge in [-0.25, -0.2) is 9.79 Å². The first kappa shape index (κ1) is 17.4. The Bertz CT molecular complexity index is 983. The first-order valence-corrected chi connectivity index (χ1v) is 7.86. The Labute approximate surface area is 154 Å². The minimum atomic E-state index is -0.772. The number of non-ortho nitro benzene ring substituents is 2. The van der Waals surface area contributed by atoms with Gasteiger partial charge in [0.15, 0.2) is 5.70 Å². The predicted octanol–water partition coefficient (Wildman–Crippen LogP) is 3.61. The van der Waals surface area contributed by atoms with Crippen LogP contribution in [0.15, 0.2) is 57.6 Å². The van der Waals surface area contributed by atoms with Gasteiger partial charge >= 0.3 is 5.97 Å². The topological polar surface area (TPSA) is 125 Å². The van der Waals surface area contributed by atoms with E-state index in [0.717, 1.165) is 22.7 Å². The maximum absolute atomic E-state index is 12.0. The van der Waals surface area contributed by atoms with Crippen LogP contribution in [0.3, 0.4) is 0 Å². The van der Waals surface area contributed by atoms with E-state index in [2.05, 4.69) is 20.9 Å². The van der Waals surface area contributed by atoms with Gasteiger partial charge in [0.1, 0.15) is 0 Å². The van der Waals surface area contributed by atoms with Gasteiger partial charge < -0.3 is 4.74 Å². The van der Waals surface area contributed by atoms with Gasteiger partial charge in [-0.1, -0.05) is 34.1 Å². The number of nitrogens with zero attached hydrogens (tertiary/aromatic N) is 3. The molecule has 0 radical (unpaired) electrons. The molecule has 0 saturated carbocycles. The number of esters is 1. The zero-order valence-corrected chi connectivity index (χ0v) is 14.4. The predicted molar refractivity (Wildman–Crippen MR) is 94.5 cm³/mol. The maximum atomic E-state index is 12.0. The number of carbonyl (C=O) groups is 1. The Morgan fingerprint density at radius 3 is 2.23 bits per heavy atom. The number of carbonyl (C=O) groups excluding carboxylic acids is 1. The van der Waals surface area contributed by atoms with Crippen LogP contribution in [0.2, 0.25) is 0 Å². The van der Waals surface area contributed by atoms with Crippen molar-refractivity contribution >= 4 is 45.2 Å². The Balaban J connectivity index is 2.05. The van der Waals surface area contributed by atoms with E-state index in [0.29, 0.717) is 5.56 Å². The molecule has 130 valence electrons. The summed E-state index contributed by atoms with van der Waals surface area (Å²) in [4.78, 5) is 36.4. The van der Waals surface area contributed by atoms with E-state index >= 15 is 0 Å². The number of halogens is 1. The van der Waals surface area contributed by atoms with Crippen molar-refractivity contribution in [2.75, 3.05) is 0 Å². The van der Waals surface area contributed by atoms with Crippen molar-refractivity contribution in [1.29, 1.82) is 0 Å². The quantitative estimate of drug-likeness (QED) is 0.323. The average molecular weight is 418 g/mol. The summed E-state index contributed by atoms with van der Waals surface area (Å²) in [5.74, 6) is -0.995. The largest absolute Gasteiger partial charge is 0.402 e. The number of hydrogen-bond acceptors (Lipinski definition) is 7.